The SMILES string of the molecule is CC(C)CS(=O)(=O)[C@H]1CN[C@@H](OC(=O)NC2(C#N)CC2)C1. The summed E-state index contributed by atoms with van der Waals surface area (Å²) in [6.45, 7) is 4.01. The molecule has 0 bridgehead atoms. The van der Waals surface area contributed by atoms with Gasteiger partial charge in [0.2, 0.25) is 0 Å². The summed E-state index contributed by atoms with van der Waals surface area (Å²) < 4.78 is 29.4. The Bertz CT molecular complexity index is 548. The molecule has 0 radical (unpaired) electrons. The van der Waals surface area contributed by atoms with Crippen LogP contribution in [-0.4, -0.2) is 43.8 Å². The van der Waals surface area contributed by atoms with Crippen LogP contribution in [0.2, 0.25) is 0 Å². The predicted octanol–water partition coefficient (Wildman–Crippen LogP) is 0.528. The van der Waals surface area contributed by atoms with Gasteiger partial charge < -0.3 is 10.1 Å². The normalized spacial score (nSPS) is 27.1. The van der Waals surface area contributed by atoms with Gasteiger partial charge in [0, 0.05) is 13.0 Å². The van der Waals surface area contributed by atoms with Crippen molar-refractivity contribution in [2.75, 3.05) is 12.3 Å². The molecule has 1 aliphatic heterocycles. The Hall–Kier alpha value is -1.33. The molecule has 1 saturated carbocycles. The van der Waals surface area contributed by atoms with Gasteiger partial charge in [-0.3, -0.25) is 5.32 Å². The average molecular weight is 315 g/mol. The minimum absolute atomic E-state index is 0.0728. The average Bonchev–Trinajstić information content (AvgIpc) is 2.95. The molecule has 1 heterocycles. The second-order valence-electron chi connectivity index (χ2n) is 6.20. The first kappa shape index (κ1) is 16.0. The van der Waals surface area contributed by atoms with Crippen LogP contribution in [0.4, 0.5) is 4.79 Å². The lowest BCUT2D eigenvalue weighted by atomic mass is 10.3. The van der Waals surface area contributed by atoms with Crippen LogP contribution in [0, 0.1) is 17.2 Å². The van der Waals surface area contributed by atoms with Crippen molar-refractivity contribution in [2.45, 2.75) is 50.1 Å². The molecule has 2 atom stereocenters. The molecule has 0 aromatic rings. The summed E-state index contributed by atoms with van der Waals surface area (Å²) in [6.07, 6.45) is 0.214. The zero-order valence-electron chi connectivity index (χ0n) is 12.3. The van der Waals surface area contributed by atoms with E-state index in [4.69, 9.17) is 10.00 Å². The second-order valence-corrected chi connectivity index (χ2v) is 8.53. The van der Waals surface area contributed by atoms with Gasteiger partial charge in [-0.1, -0.05) is 13.8 Å². The van der Waals surface area contributed by atoms with Crippen LogP contribution in [0.3, 0.4) is 0 Å². The highest BCUT2D eigenvalue weighted by atomic mass is 32.2. The number of rotatable bonds is 5. The molecule has 8 heteroatoms. The van der Waals surface area contributed by atoms with Crippen LogP contribution in [0.25, 0.3) is 0 Å². The van der Waals surface area contributed by atoms with Crippen LogP contribution < -0.4 is 10.6 Å². The van der Waals surface area contributed by atoms with E-state index in [2.05, 4.69) is 10.6 Å². The summed E-state index contributed by atoms with van der Waals surface area (Å²) >= 11 is 0. The molecule has 1 saturated heterocycles. The Balaban J connectivity index is 1.83. The van der Waals surface area contributed by atoms with Gasteiger partial charge in [-0.25, -0.2) is 13.2 Å². The smallest absolute Gasteiger partial charge is 0.409 e. The number of carbonyl (C=O) groups excluding carboxylic acids is 1. The zero-order chi connectivity index (χ0) is 15.7. The molecule has 7 nitrogen and oxygen atoms in total. The highest BCUT2D eigenvalue weighted by Gasteiger charge is 2.46. The van der Waals surface area contributed by atoms with E-state index >= 15 is 0 Å². The molecular formula is C13H21N3O4S. The van der Waals surface area contributed by atoms with Gasteiger partial charge in [0.1, 0.15) is 5.54 Å². The van der Waals surface area contributed by atoms with Crippen LogP contribution in [-0.2, 0) is 14.6 Å². The molecule has 21 heavy (non-hydrogen) atoms. The Kier molecular flexibility index (Phi) is 4.44. The van der Waals surface area contributed by atoms with Gasteiger partial charge in [-0.15, -0.1) is 0 Å². The minimum Gasteiger partial charge on any atom is -0.430 e. The first-order chi connectivity index (χ1) is 9.76. The number of sulfone groups is 1. The minimum atomic E-state index is -3.18. The van der Waals surface area contributed by atoms with Gasteiger partial charge in [-0.05, 0) is 18.8 Å². The summed E-state index contributed by atoms with van der Waals surface area (Å²) in [6, 6.07) is 2.03. The topological polar surface area (TPSA) is 108 Å². The first-order valence-corrected chi connectivity index (χ1v) is 8.83. The molecule has 118 valence electrons. The number of ether oxygens (including phenoxy) is 1. The van der Waals surface area contributed by atoms with E-state index in [-0.39, 0.29) is 24.6 Å². The third-order valence-corrected chi connectivity index (χ3v) is 6.18. The van der Waals surface area contributed by atoms with Crippen LogP contribution >= 0.6 is 0 Å². The molecule has 0 unspecified atom stereocenters. The standard InChI is InChI=1S/C13H21N3O4S/c1-9(2)7-21(18,19)10-5-11(15-6-10)20-12(17)16-13(8-14)3-4-13/h9-11,15H,3-7H2,1-2H3,(H,16,17)/t10-,11+/m1/s1. The lowest BCUT2D eigenvalue weighted by Crippen LogP contribution is -2.40. The van der Waals surface area contributed by atoms with Crippen molar-refractivity contribution >= 4 is 15.9 Å². The van der Waals surface area contributed by atoms with Crippen molar-refractivity contribution in [3.8, 4) is 6.07 Å². The molecule has 0 spiro atoms. The van der Waals surface area contributed by atoms with Crippen molar-refractivity contribution in [1.82, 2.24) is 10.6 Å². The Morgan fingerprint density at radius 3 is 2.71 bits per heavy atom. The lowest BCUT2D eigenvalue weighted by molar-refractivity contribution is 0.0876. The lowest BCUT2D eigenvalue weighted by Gasteiger charge is -2.15. The van der Waals surface area contributed by atoms with Gasteiger partial charge in [-0.2, -0.15) is 5.26 Å². The number of nitrogens with one attached hydrogen (secondary N) is 2. The highest BCUT2D eigenvalue weighted by Crippen LogP contribution is 2.34. The van der Waals surface area contributed by atoms with Gasteiger partial charge in [0.05, 0.1) is 17.1 Å². The molecule has 1 amide bonds. The summed E-state index contributed by atoms with van der Waals surface area (Å²) in [5, 5.41) is 13.8. The van der Waals surface area contributed by atoms with Crippen molar-refractivity contribution in [3.63, 3.8) is 0 Å². The van der Waals surface area contributed by atoms with E-state index in [1.807, 2.05) is 19.9 Å². The van der Waals surface area contributed by atoms with Crippen molar-refractivity contribution in [2.24, 2.45) is 5.92 Å². The zero-order valence-corrected chi connectivity index (χ0v) is 13.1. The number of nitriles is 1. The summed E-state index contributed by atoms with van der Waals surface area (Å²) in [5.41, 5.74) is -0.779. The maximum atomic E-state index is 12.1. The molecule has 0 aromatic carbocycles. The fourth-order valence-corrected chi connectivity index (χ4v) is 4.40. The maximum Gasteiger partial charge on any atom is 0.409 e. The van der Waals surface area contributed by atoms with E-state index in [9.17, 15) is 13.2 Å². The number of amides is 1. The third kappa shape index (κ3) is 4.08. The first-order valence-electron chi connectivity index (χ1n) is 7.11. The van der Waals surface area contributed by atoms with E-state index in [1.165, 1.54) is 0 Å². The fourth-order valence-electron chi connectivity index (χ4n) is 2.38. The summed E-state index contributed by atoms with van der Waals surface area (Å²) in [7, 11) is -3.18. The molecule has 2 fully saturated rings. The fraction of sp³-hybridized carbons (Fsp3) is 0.846. The second kappa shape index (κ2) is 5.81. The Labute approximate surface area is 124 Å². The van der Waals surface area contributed by atoms with Crippen molar-refractivity contribution < 1.29 is 17.9 Å². The van der Waals surface area contributed by atoms with Crippen LogP contribution in [0.15, 0.2) is 0 Å². The van der Waals surface area contributed by atoms with Crippen molar-refractivity contribution in [3.05, 3.63) is 0 Å². The van der Waals surface area contributed by atoms with Gasteiger partial charge >= 0.3 is 6.09 Å². The Morgan fingerprint density at radius 2 is 2.19 bits per heavy atom. The Morgan fingerprint density at radius 1 is 1.52 bits per heavy atom. The number of hydrogen-bond donors (Lipinski definition) is 2. The molecule has 2 N–H and O–H groups in total. The summed E-state index contributed by atoms with van der Waals surface area (Å²) in [5.74, 6) is 0.208. The van der Waals surface area contributed by atoms with E-state index in [0.29, 0.717) is 12.8 Å². The third-order valence-electron chi connectivity index (χ3n) is 3.68. The highest BCUT2D eigenvalue weighted by molar-refractivity contribution is 7.92. The van der Waals surface area contributed by atoms with E-state index in [0.717, 1.165) is 0 Å². The monoisotopic (exact) mass is 315 g/mol. The number of nitrogens with zero attached hydrogens (tertiary/aromatic N) is 1. The number of carbonyl (C=O) groups is 1. The number of alkyl carbamates (subject to hydrolysis) is 1. The van der Waals surface area contributed by atoms with Gasteiger partial charge in [0.15, 0.2) is 16.1 Å². The molecule has 1 aliphatic carbocycles. The molecular weight excluding hydrogens is 294 g/mol. The number of hydrogen-bond acceptors (Lipinski definition) is 6. The van der Waals surface area contributed by atoms with Crippen LogP contribution in [0.1, 0.15) is 33.1 Å². The van der Waals surface area contributed by atoms with Gasteiger partial charge in [0.25, 0.3) is 0 Å². The molecule has 0 aromatic heterocycles. The maximum absolute atomic E-state index is 12.1. The van der Waals surface area contributed by atoms with E-state index < -0.39 is 32.9 Å². The largest absolute Gasteiger partial charge is 0.430 e. The molecule has 2 aliphatic rings. The van der Waals surface area contributed by atoms with Crippen molar-refractivity contribution in [1.29, 1.82) is 5.26 Å². The summed E-state index contributed by atoms with van der Waals surface area (Å²) in [4.78, 5) is 11.7. The van der Waals surface area contributed by atoms with Crippen LogP contribution in [0.5, 0.6) is 0 Å². The quantitative estimate of drug-likeness (QED) is 0.766. The molecule has 2 rings (SSSR count). The predicted molar refractivity (Wildman–Crippen MR) is 76.0 cm³/mol. The van der Waals surface area contributed by atoms with E-state index in [1.54, 1.807) is 0 Å².